The molecule has 1 aliphatic rings. The fourth-order valence-corrected chi connectivity index (χ4v) is 1.56. The van der Waals surface area contributed by atoms with Crippen molar-refractivity contribution in [2.45, 2.75) is 25.8 Å². The Bertz CT molecular complexity index is 312. The molecule has 0 spiro atoms. The quantitative estimate of drug-likeness (QED) is 0.743. The van der Waals surface area contributed by atoms with Crippen molar-refractivity contribution < 1.29 is 4.79 Å². The maximum Gasteiger partial charge on any atom is 0.233 e. The lowest BCUT2D eigenvalue weighted by molar-refractivity contribution is 0.0765. The first kappa shape index (κ1) is 8.51. The molecular formula is C10H14N2O. The van der Waals surface area contributed by atoms with Crippen LogP contribution in [0.15, 0.2) is 18.5 Å². The van der Waals surface area contributed by atoms with Crippen LogP contribution in [0.25, 0.3) is 0 Å². The number of nitrogens with zero attached hydrogens (tertiary/aromatic N) is 1. The fourth-order valence-electron chi connectivity index (χ4n) is 1.56. The van der Waals surface area contributed by atoms with Crippen molar-refractivity contribution in [3.05, 3.63) is 24.0 Å². The van der Waals surface area contributed by atoms with E-state index in [0.717, 1.165) is 18.4 Å². The van der Waals surface area contributed by atoms with Crippen molar-refractivity contribution in [2.75, 3.05) is 0 Å². The second kappa shape index (κ2) is 3.34. The molecule has 70 valence electrons. The standard InChI is InChI=1S/C10H14N2O/c11-6-8-4-5-12(7-8)10(13)9-2-1-3-9/h4-5,7,9H,1-3,6,11H2. The minimum atomic E-state index is 0.228. The number of rotatable bonds is 2. The third-order valence-corrected chi connectivity index (χ3v) is 2.70. The molecular weight excluding hydrogens is 164 g/mol. The highest BCUT2D eigenvalue weighted by Gasteiger charge is 2.25. The van der Waals surface area contributed by atoms with Crippen molar-refractivity contribution in [1.82, 2.24) is 4.57 Å². The van der Waals surface area contributed by atoms with Gasteiger partial charge >= 0.3 is 0 Å². The van der Waals surface area contributed by atoms with E-state index in [1.54, 1.807) is 4.57 Å². The van der Waals surface area contributed by atoms with Gasteiger partial charge in [0.25, 0.3) is 0 Å². The number of carbonyl (C=O) groups is 1. The molecule has 3 heteroatoms. The van der Waals surface area contributed by atoms with Gasteiger partial charge in [-0.2, -0.15) is 0 Å². The maximum absolute atomic E-state index is 11.7. The number of hydrogen-bond acceptors (Lipinski definition) is 2. The molecule has 1 aromatic heterocycles. The van der Waals surface area contributed by atoms with E-state index in [0.29, 0.717) is 6.54 Å². The summed E-state index contributed by atoms with van der Waals surface area (Å²) in [6.45, 7) is 0.505. The highest BCUT2D eigenvalue weighted by atomic mass is 16.2. The molecule has 2 N–H and O–H groups in total. The highest BCUT2D eigenvalue weighted by Crippen LogP contribution is 2.27. The normalized spacial score (nSPS) is 17.0. The van der Waals surface area contributed by atoms with Crippen molar-refractivity contribution in [3.8, 4) is 0 Å². The SMILES string of the molecule is NCc1ccn(C(=O)C2CCC2)c1. The average molecular weight is 178 g/mol. The molecule has 1 aliphatic carbocycles. The zero-order chi connectivity index (χ0) is 9.26. The van der Waals surface area contributed by atoms with Crippen LogP contribution < -0.4 is 5.73 Å². The van der Waals surface area contributed by atoms with E-state index in [9.17, 15) is 4.79 Å². The molecule has 13 heavy (non-hydrogen) atoms. The minimum absolute atomic E-state index is 0.228. The van der Waals surface area contributed by atoms with Gasteiger partial charge in [0, 0.05) is 24.9 Å². The zero-order valence-electron chi connectivity index (χ0n) is 7.57. The number of nitrogens with two attached hydrogens (primary N) is 1. The van der Waals surface area contributed by atoms with Crippen molar-refractivity contribution in [3.63, 3.8) is 0 Å². The van der Waals surface area contributed by atoms with Crippen molar-refractivity contribution >= 4 is 5.91 Å². The van der Waals surface area contributed by atoms with Crippen LogP contribution in [-0.4, -0.2) is 10.5 Å². The van der Waals surface area contributed by atoms with Crippen molar-refractivity contribution in [2.24, 2.45) is 11.7 Å². The molecule has 1 fully saturated rings. The summed E-state index contributed by atoms with van der Waals surface area (Å²) >= 11 is 0. The lowest BCUT2D eigenvalue weighted by atomic mass is 9.85. The molecule has 3 nitrogen and oxygen atoms in total. The van der Waals surface area contributed by atoms with Crippen LogP contribution in [0.5, 0.6) is 0 Å². The first-order chi connectivity index (χ1) is 6.31. The van der Waals surface area contributed by atoms with Crippen LogP contribution in [0, 0.1) is 5.92 Å². The molecule has 0 aromatic carbocycles. The molecule has 0 aliphatic heterocycles. The Balaban J connectivity index is 2.10. The molecule has 0 radical (unpaired) electrons. The molecule has 1 aromatic rings. The molecule has 0 unspecified atom stereocenters. The molecule has 0 amide bonds. The van der Waals surface area contributed by atoms with Crippen LogP contribution in [0.1, 0.15) is 29.6 Å². The average Bonchev–Trinajstić information content (AvgIpc) is 2.48. The Hall–Kier alpha value is -1.09. The van der Waals surface area contributed by atoms with E-state index >= 15 is 0 Å². The lowest BCUT2D eigenvalue weighted by Gasteiger charge is -2.23. The summed E-state index contributed by atoms with van der Waals surface area (Å²) in [7, 11) is 0. The van der Waals surface area contributed by atoms with Crippen LogP contribution in [-0.2, 0) is 6.54 Å². The maximum atomic E-state index is 11.7. The number of hydrogen-bond donors (Lipinski definition) is 1. The predicted octanol–water partition coefficient (Wildman–Crippen LogP) is 1.39. The molecule has 0 bridgehead atoms. The smallest absolute Gasteiger partial charge is 0.233 e. The number of aromatic nitrogens is 1. The Labute approximate surface area is 77.5 Å². The van der Waals surface area contributed by atoms with Gasteiger partial charge in [-0.3, -0.25) is 9.36 Å². The Kier molecular flexibility index (Phi) is 2.19. The zero-order valence-corrected chi connectivity index (χ0v) is 7.57. The topological polar surface area (TPSA) is 48.0 Å². The Morgan fingerprint density at radius 3 is 2.85 bits per heavy atom. The molecule has 0 saturated heterocycles. The van der Waals surface area contributed by atoms with E-state index in [1.807, 2.05) is 18.5 Å². The second-order valence-electron chi connectivity index (χ2n) is 3.60. The van der Waals surface area contributed by atoms with E-state index < -0.39 is 0 Å². The third-order valence-electron chi connectivity index (χ3n) is 2.70. The summed E-state index contributed by atoms with van der Waals surface area (Å²) in [5.74, 6) is 0.490. The predicted molar refractivity (Wildman–Crippen MR) is 50.3 cm³/mol. The summed E-state index contributed by atoms with van der Waals surface area (Å²) in [5, 5.41) is 0. The summed E-state index contributed by atoms with van der Waals surface area (Å²) in [6.07, 6.45) is 6.94. The summed E-state index contributed by atoms with van der Waals surface area (Å²) in [6, 6.07) is 1.90. The van der Waals surface area contributed by atoms with Crippen molar-refractivity contribution in [1.29, 1.82) is 0 Å². The van der Waals surface area contributed by atoms with Crippen LogP contribution >= 0.6 is 0 Å². The minimum Gasteiger partial charge on any atom is -0.326 e. The second-order valence-corrected chi connectivity index (χ2v) is 3.60. The molecule has 1 saturated carbocycles. The van der Waals surface area contributed by atoms with Gasteiger partial charge in [0.05, 0.1) is 0 Å². The molecule has 2 rings (SSSR count). The third kappa shape index (κ3) is 1.52. The van der Waals surface area contributed by atoms with Gasteiger partial charge < -0.3 is 5.73 Å². The molecule has 0 atom stereocenters. The van der Waals surface area contributed by atoms with Crippen LogP contribution in [0.4, 0.5) is 0 Å². The van der Waals surface area contributed by atoms with Gasteiger partial charge in [-0.25, -0.2) is 0 Å². The van der Waals surface area contributed by atoms with E-state index in [1.165, 1.54) is 6.42 Å². The van der Waals surface area contributed by atoms with E-state index in [4.69, 9.17) is 5.73 Å². The lowest BCUT2D eigenvalue weighted by Crippen LogP contribution is -2.26. The Morgan fingerprint density at radius 1 is 1.62 bits per heavy atom. The van der Waals surface area contributed by atoms with Crippen LogP contribution in [0.2, 0.25) is 0 Å². The van der Waals surface area contributed by atoms with Gasteiger partial charge in [0.2, 0.25) is 5.91 Å². The van der Waals surface area contributed by atoms with Crippen LogP contribution in [0.3, 0.4) is 0 Å². The monoisotopic (exact) mass is 178 g/mol. The largest absolute Gasteiger partial charge is 0.326 e. The highest BCUT2D eigenvalue weighted by molar-refractivity contribution is 5.82. The summed E-state index contributed by atoms with van der Waals surface area (Å²) < 4.78 is 1.67. The van der Waals surface area contributed by atoms with Gasteiger partial charge in [0.15, 0.2) is 0 Å². The summed E-state index contributed by atoms with van der Waals surface area (Å²) in [4.78, 5) is 11.7. The Morgan fingerprint density at radius 2 is 2.38 bits per heavy atom. The van der Waals surface area contributed by atoms with E-state index in [-0.39, 0.29) is 11.8 Å². The number of carbonyl (C=O) groups excluding carboxylic acids is 1. The van der Waals surface area contributed by atoms with Gasteiger partial charge in [-0.15, -0.1) is 0 Å². The van der Waals surface area contributed by atoms with Gasteiger partial charge in [-0.05, 0) is 24.5 Å². The van der Waals surface area contributed by atoms with Gasteiger partial charge in [-0.1, -0.05) is 6.42 Å². The van der Waals surface area contributed by atoms with E-state index in [2.05, 4.69) is 0 Å². The van der Waals surface area contributed by atoms with Gasteiger partial charge in [0.1, 0.15) is 0 Å². The molecule has 1 heterocycles. The first-order valence-electron chi connectivity index (χ1n) is 4.72. The summed E-state index contributed by atoms with van der Waals surface area (Å²) in [5.41, 5.74) is 6.48. The fraction of sp³-hybridized carbons (Fsp3) is 0.500. The first-order valence-corrected chi connectivity index (χ1v) is 4.72.